The summed E-state index contributed by atoms with van der Waals surface area (Å²) in [4.78, 5) is 7.69. The van der Waals surface area contributed by atoms with Crippen molar-refractivity contribution in [2.24, 2.45) is 0 Å². The van der Waals surface area contributed by atoms with Gasteiger partial charge < -0.3 is 4.85 Å². The molecule has 0 saturated carbocycles. The van der Waals surface area contributed by atoms with Crippen molar-refractivity contribution in [3.63, 3.8) is 0 Å². The maximum absolute atomic E-state index is 7.32. The predicted molar refractivity (Wildman–Crippen MR) is 74.2 cm³/mol. The summed E-state index contributed by atoms with van der Waals surface area (Å²) < 4.78 is 0. The van der Waals surface area contributed by atoms with Crippen LogP contribution < -0.4 is 0 Å². The van der Waals surface area contributed by atoms with E-state index in [0.717, 1.165) is 0 Å². The second kappa shape index (κ2) is 5.58. The van der Waals surface area contributed by atoms with E-state index >= 15 is 0 Å². The number of hydrogen-bond donors (Lipinski definition) is 0. The summed E-state index contributed by atoms with van der Waals surface area (Å²) in [6, 6.07) is 9.62. The van der Waals surface area contributed by atoms with Crippen LogP contribution >= 0.6 is 34.8 Å². The van der Waals surface area contributed by atoms with E-state index in [-0.39, 0.29) is 0 Å². The number of rotatable bonds is 2. The zero-order valence-electron chi connectivity index (χ0n) is 9.07. The second-order valence-corrected chi connectivity index (χ2v) is 4.75. The third-order valence-electron chi connectivity index (χ3n) is 2.42. The van der Waals surface area contributed by atoms with Gasteiger partial charge in [-0.3, -0.25) is 0 Å². The predicted octanol–water partition coefficient (Wildman–Crippen LogP) is 5.05. The van der Waals surface area contributed by atoms with Gasteiger partial charge in [0.25, 0.3) is 6.04 Å². The normalized spacial score (nSPS) is 11.9. The quantitative estimate of drug-likeness (QED) is 0.560. The fourth-order valence-corrected chi connectivity index (χ4v) is 2.40. The highest BCUT2D eigenvalue weighted by Gasteiger charge is 2.26. The third kappa shape index (κ3) is 2.59. The molecule has 0 spiro atoms. The van der Waals surface area contributed by atoms with Crippen LogP contribution in [0.4, 0.5) is 0 Å². The Hall–Kier alpha value is -1.27. The van der Waals surface area contributed by atoms with Gasteiger partial charge in [0.15, 0.2) is 0 Å². The lowest BCUT2D eigenvalue weighted by atomic mass is 10.0. The van der Waals surface area contributed by atoms with E-state index in [4.69, 9.17) is 41.4 Å². The largest absolute Gasteiger partial charge is 0.301 e. The molecule has 1 heterocycles. The van der Waals surface area contributed by atoms with E-state index < -0.39 is 6.04 Å². The van der Waals surface area contributed by atoms with Crippen LogP contribution in [0.2, 0.25) is 15.2 Å². The number of benzene rings is 1. The van der Waals surface area contributed by atoms with Crippen LogP contribution in [0.1, 0.15) is 17.3 Å². The molecule has 0 N–H and O–H groups in total. The third-order valence-corrected chi connectivity index (χ3v) is 3.29. The first kappa shape index (κ1) is 13.2. The number of pyridine rings is 1. The molecule has 1 atom stereocenters. The van der Waals surface area contributed by atoms with E-state index in [9.17, 15) is 0 Å². The second-order valence-electron chi connectivity index (χ2n) is 3.55. The lowest BCUT2D eigenvalue weighted by Crippen LogP contribution is -2.01. The maximum atomic E-state index is 7.32. The number of nitrogens with zero attached hydrogens (tertiary/aromatic N) is 2. The lowest BCUT2D eigenvalue weighted by molar-refractivity contribution is 0.950. The first-order chi connectivity index (χ1) is 8.63. The summed E-state index contributed by atoms with van der Waals surface area (Å²) in [5.41, 5.74) is 1.10. The number of aromatic nitrogens is 1. The zero-order valence-corrected chi connectivity index (χ0v) is 11.3. The Kier molecular flexibility index (Phi) is 4.08. The summed E-state index contributed by atoms with van der Waals surface area (Å²) in [6.45, 7) is 7.32. The van der Waals surface area contributed by atoms with Crippen molar-refractivity contribution >= 4 is 34.8 Å². The molecule has 90 valence electrons. The average Bonchev–Trinajstić information content (AvgIpc) is 2.34. The van der Waals surface area contributed by atoms with E-state index in [1.165, 1.54) is 0 Å². The van der Waals surface area contributed by atoms with Crippen LogP contribution in [-0.4, -0.2) is 4.98 Å². The van der Waals surface area contributed by atoms with Gasteiger partial charge in [0.1, 0.15) is 10.8 Å². The van der Waals surface area contributed by atoms with Crippen LogP contribution in [0.3, 0.4) is 0 Å². The Bertz CT molecular complexity index is 600. The van der Waals surface area contributed by atoms with Crippen molar-refractivity contribution in [2.75, 3.05) is 0 Å². The molecule has 1 aromatic carbocycles. The van der Waals surface area contributed by atoms with Gasteiger partial charge in [0.05, 0.1) is 15.6 Å². The summed E-state index contributed by atoms with van der Waals surface area (Å²) in [6.07, 6.45) is 0. The first-order valence-corrected chi connectivity index (χ1v) is 6.20. The van der Waals surface area contributed by atoms with Crippen LogP contribution in [-0.2, 0) is 0 Å². The van der Waals surface area contributed by atoms with Crippen LogP contribution in [0.25, 0.3) is 4.85 Å². The molecule has 0 bridgehead atoms. The Morgan fingerprint density at radius 3 is 2.17 bits per heavy atom. The molecule has 0 saturated heterocycles. The molecule has 0 amide bonds. The fourth-order valence-electron chi connectivity index (χ4n) is 1.63. The molecule has 5 heteroatoms. The van der Waals surface area contributed by atoms with Gasteiger partial charge in [0.2, 0.25) is 0 Å². The van der Waals surface area contributed by atoms with Crippen molar-refractivity contribution in [3.05, 3.63) is 74.3 Å². The maximum Gasteiger partial charge on any atom is 0.293 e. The molecule has 2 nitrogen and oxygen atoms in total. The monoisotopic (exact) mass is 296 g/mol. The van der Waals surface area contributed by atoms with Gasteiger partial charge in [-0.2, -0.15) is 0 Å². The SMILES string of the molecule is [C-]#[N+]C(c1cccc(Cl)n1)c1c(Cl)cccc1Cl. The minimum Gasteiger partial charge on any atom is -0.301 e. The fraction of sp³-hybridized carbons (Fsp3) is 0.0769. The molecule has 0 radical (unpaired) electrons. The van der Waals surface area contributed by atoms with E-state index in [0.29, 0.717) is 26.5 Å². The Morgan fingerprint density at radius 1 is 1.00 bits per heavy atom. The lowest BCUT2D eigenvalue weighted by Gasteiger charge is -2.09. The van der Waals surface area contributed by atoms with Crippen LogP contribution in [0.15, 0.2) is 36.4 Å². The minimum atomic E-state index is -0.648. The smallest absolute Gasteiger partial charge is 0.293 e. The highest BCUT2D eigenvalue weighted by Crippen LogP contribution is 2.36. The highest BCUT2D eigenvalue weighted by molar-refractivity contribution is 6.36. The molecule has 2 rings (SSSR count). The molecule has 0 fully saturated rings. The summed E-state index contributed by atoms with van der Waals surface area (Å²) in [5, 5.41) is 1.24. The Balaban J connectivity index is 2.57. The first-order valence-electron chi connectivity index (χ1n) is 5.06. The summed E-state index contributed by atoms with van der Waals surface area (Å²) >= 11 is 18.0. The van der Waals surface area contributed by atoms with Gasteiger partial charge in [-0.25, -0.2) is 11.6 Å². The van der Waals surface area contributed by atoms with Gasteiger partial charge in [0, 0.05) is 0 Å². The van der Waals surface area contributed by atoms with Gasteiger partial charge in [-0.1, -0.05) is 46.9 Å². The summed E-state index contributed by atoms with van der Waals surface area (Å²) in [5.74, 6) is 0. The van der Waals surface area contributed by atoms with E-state index in [2.05, 4.69) is 9.83 Å². The molecular weight excluding hydrogens is 291 g/mol. The van der Waals surface area contributed by atoms with Crippen molar-refractivity contribution in [1.29, 1.82) is 0 Å². The highest BCUT2D eigenvalue weighted by atomic mass is 35.5. The molecular formula is C13H7Cl3N2. The molecule has 0 aliphatic heterocycles. The van der Waals surface area contributed by atoms with E-state index in [1.54, 1.807) is 36.4 Å². The van der Waals surface area contributed by atoms with Crippen molar-refractivity contribution in [2.45, 2.75) is 6.04 Å². The van der Waals surface area contributed by atoms with Gasteiger partial charge in [-0.15, -0.1) is 0 Å². The van der Waals surface area contributed by atoms with Crippen molar-refractivity contribution in [1.82, 2.24) is 4.98 Å². The molecule has 1 unspecified atom stereocenters. The van der Waals surface area contributed by atoms with Crippen LogP contribution in [0.5, 0.6) is 0 Å². The summed E-state index contributed by atoms with van der Waals surface area (Å²) in [7, 11) is 0. The minimum absolute atomic E-state index is 0.337. The Labute approximate surface area is 120 Å². The molecule has 0 aliphatic carbocycles. The Morgan fingerprint density at radius 2 is 1.61 bits per heavy atom. The number of hydrogen-bond acceptors (Lipinski definition) is 1. The van der Waals surface area contributed by atoms with Gasteiger partial charge in [-0.05, 0) is 24.3 Å². The van der Waals surface area contributed by atoms with E-state index in [1.807, 2.05) is 0 Å². The zero-order chi connectivity index (χ0) is 13.1. The molecule has 1 aromatic heterocycles. The molecule has 18 heavy (non-hydrogen) atoms. The molecule has 0 aliphatic rings. The molecule has 2 aromatic rings. The number of halogens is 3. The standard InChI is InChI=1S/C13H7Cl3N2/c1-17-13(10-6-3-7-11(16)18-10)12-8(14)4-2-5-9(12)15/h2-7,13H. The van der Waals surface area contributed by atoms with Crippen LogP contribution in [0, 0.1) is 6.57 Å². The van der Waals surface area contributed by atoms with Gasteiger partial charge >= 0.3 is 0 Å². The topological polar surface area (TPSA) is 17.2 Å². The van der Waals surface area contributed by atoms with Crippen molar-refractivity contribution in [3.8, 4) is 0 Å². The average molecular weight is 298 g/mol. The van der Waals surface area contributed by atoms with Crippen molar-refractivity contribution < 1.29 is 0 Å².